The number of carbonyl (C=O) groups excluding carboxylic acids is 2. The number of hydrogen-bond donors (Lipinski definition) is 2. The monoisotopic (exact) mass is 256 g/mol. The number of amides is 2. The molecule has 7 heteroatoms. The molecule has 2 N–H and O–H groups in total. The van der Waals surface area contributed by atoms with Gasteiger partial charge in [-0.1, -0.05) is 0 Å². The van der Waals surface area contributed by atoms with Gasteiger partial charge >= 0.3 is 18.0 Å². The van der Waals surface area contributed by atoms with Crippen LogP contribution in [0.4, 0.5) is 4.79 Å². The number of carbonyl (C=O) groups is 3. The van der Waals surface area contributed by atoms with E-state index < -0.39 is 24.1 Å². The van der Waals surface area contributed by atoms with Crippen LogP contribution in [-0.2, 0) is 14.3 Å². The first-order chi connectivity index (χ1) is 8.45. The molecule has 0 saturated heterocycles. The van der Waals surface area contributed by atoms with Crippen molar-refractivity contribution in [2.45, 2.75) is 26.4 Å². The van der Waals surface area contributed by atoms with Crippen molar-refractivity contribution in [2.24, 2.45) is 4.99 Å². The van der Waals surface area contributed by atoms with E-state index in [4.69, 9.17) is 9.84 Å². The van der Waals surface area contributed by atoms with Crippen molar-refractivity contribution < 1.29 is 24.2 Å². The van der Waals surface area contributed by atoms with E-state index in [-0.39, 0.29) is 0 Å². The summed E-state index contributed by atoms with van der Waals surface area (Å²) in [4.78, 5) is 35.6. The van der Waals surface area contributed by atoms with Gasteiger partial charge in [0.2, 0.25) is 0 Å². The maximum absolute atomic E-state index is 11.1. The average Bonchev–Trinajstić information content (AvgIpc) is 2.26. The summed E-state index contributed by atoms with van der Waals surface area (Å²) in [6, 6.07) is -0.457. The minimum Gasteiger partial charge on any atom is -0.478 e. The number of esters is 1. The summed E-state index contributed by atoms with van der Waals surface area (Å²) in [6.07, 6.45) is 2.89. The molecule has 1 unspecified atom stereocenters. The summed E-state index contributed by atoms with van der Waals surface area (Å²) in [6.45, 7) is 3.58. The van der Waals surface area contributed by atoms with Crippen LogP contribution in [0.15, 0.2) is 17.1 Å². The molecule has 0 aromatic heterocycles. The fourth-order valence-electron chi connectivity index (χ4n) is 0.981. The van der Waals surface area contributed by atoms with Gasteiger partial charge in [0.25, 0.3) is 0 Å². The van der Waals surface area contributed by atoms with Crippen LogP contribution in [0.5, 0.6) is 0 Å². The summed E-state index contributed by atoms with van der Waals surface area (Å²) in [5, 5.41) is 10.8. The fourth-order valence-corrected chi connectivity index (χ4v) is 0.981. The molecular weight excluding hydrogens is 240 g/mol. The van der Waals surface area contributed by atoms with Crippen LogP contribution in [0.2, 0.25) is 0 Å². The van der Waals surface area contributed by atoms with Gasteiger partial charge in [-0.25, -0.2) is 19.4 Å². The summed E-state index contributed by atoms with van der Waals surface area (Å²) in [7, 11) is 0. The Morgan fingerprint density at radius 2 is 2.06 bits per heavy atom. The molecule has 100 valence electrons. The van der Waals surface area contributed by atoms with Gasteiger partial charge in [0.05, 0.1) is 0 Å². The SMILES string of the molecule is CC=NC(=O)NCCC(C)OC(=O)/C=C/C(=O)O. The minimum atomic E-state index is -1.22. The number of aliphatic imine (C=N–C) groups is 1. The lowest BCUT2D eigenvalue weighted by Gasteiger charge is -2.11. The van der Waals surface area contributed by atoms with Gasteiger partial charge in [-0.05, 0) is 13.8 Å². The van der Waals surface area contributed by atoms with Crippen LogP contribution in [-0.4, -0.2) is 41.9 Å². The standard InChI is InChI=1S/C11H16N2O5/c1-3-12-11(17)13-7-6-8(2)18-10(16)5-4-9(14)15/h3-5,8H,6-7H2,1-2H3,(H,13,17)(H,14,15)/b5-4+,12-3?. The molecule has 0 aliphatic heterocycles. The highest BCUT2D eigenvalue weighted by atomic mass is 16.5. The second-order valence-corrected chi connectivity index (χ2v) is 3.33. The molecule has 2 amide bonds. The number of carboxylic acid groups (broad SMARTS) is 1. The highest BCUT2D eigenvalue weighted by molar-refractivity contribution is 5.90. The third-order valence-electron chi connectivity index (χ3n) is 1.75. The smallest absolute Gasteiger partial charge is 0.340 e. The molecule has 7 nitrogen and oxygen atoms in total. The molecule has 0 radical (unpaired) electrons. The first-order valence-electron chi connectivity index (χ1n) is 5.33. The van der Waals surface area contributed by atoms with Crippen molar-refractivity contribution in [3.8, 4) is 0 Å². The second-order valence-electron chi connectivity index (χ2n) is 3.33. The Hall–Kier alpha value is -2.18. The number of hydrogen-bond acceptors (Lipinski definition) is 4. The molecule has 0 aromatic carbocycles. The molecule has 0 saturated carbocycles. The lowest BCUT2D eigenvalue weighted by Crippen LogP contribution is -2.25. The van der Waals surface area contributed by atoms with Crippen LogP contribution in [0.25, 0.3) is 0 Å². The van der Waals surface area contributed by atoms with E-state index in [0.717, 1.165) is 6.08 Å². The van der Waals surface area contributed by atoms with E-state index in [0.29, 0.717) is 19.0 Å². The van der Waals surface area contributed by atoms with E-state index in [1.54, 1.807) is 13.8 Å². The Bertz CT molecular complexity index is 362. The number of rotatable bonds is 6. The number of aliphatic carboxylic acids is 1. The van der Waals surface area contributed by atoms with E-state index >= 15 is 0 Å². The Balaban J connectivity index is 3.84. The zero-order valence-corrected chi connectivity index (χ0v) is 10.3. The predicted molar refractivity (Wildman–Crippen MR) is 64.5 cm³/mol. The number of carboxylic acids is 1. The third kappa shape index (κ3) is 9.08. The molecule has 0 bridgehead atoms. The van der Waals surface area contributed by atoms with Gasteiger partial charge in [0.15, 0.2) is 0 Å². The van der Waals surface area contributed by atoms with Crippen LogP contribution in [0, 0.1) is 0 Å². The van der Waals surface area contributed by atoms with Crippen LogP contribution in [0.1, 0.15) is 20.3 Å². The molecular formula is C11H16N2O5. The zero-order valence-electron chi connectivity index (χ0n) is 10.3. The topological polar surface area (TPSA) is 105 Å². The normalized spacial score (nSPS) is 12.6. The summed E-state index contributed by atoms with van der Waals surface area (Å²) < 4.78 is 4.86. The van der Waals surface area contributed by atoms with Crippen molar-refractivity contribution in [3.05, 3.63) is 12.2 Å². The van der Waals surface area contributed by atoms with Crippen molar-refractivity contribution >= 4 is 24.2 Å². The molecule has 0 aliphatic carbocycles. The lowest BCUT2D eigenvalue weighted by atomic mass is 10.3. The van der Waals surface area contributed by atoms with Crippen molar-refractivity contribution in [3.63, 3.8) is 0 Å². The Labute approximate surface area is 105 Å². The Kier molecular flexibility index (Phi) is 7.83. The maximum atomic E-state index is 11.1. The first-order valence-corrected chi connectivity index (χ1v) is 5.33. The lowest BCUT2D eigenvalue weighted by molar-refractivity contribution is -0.143. The van der Waals surface area contributed by atoms with Crippen LogP contribution in [0.3, 0.4) is 0 Å². The van der Waals surface area contributed by atoms with E-state index in [9.17, 15) is 14.4 Å². The maximum Gasteiger partial charge on any atom is 0.340 e. The van der Waals surface area contributed by atoms with Crippen molar-refractivity contribution in [1.82, 2.24) is 5.32 Å². The van der Waals surface area contributed by atoms with Gasteiger partial charge in [-0.3, -0.25) is 0 Å². The largest absolute Gasteiger partial charge is 0.478 e. The van der Waals surface area contributed by atoms with E-state index in [2.05, 4.69) is 10.3 Å². The van der Waals surface area contributed by atoms with E-state index in [1.807, 2.05) is 0 Å². The van der Waals surface area contributed by atoms with Gasteiger partial charge in [-0.15, -0.1) is 0 Å². The van der Waals surface area contributed by atoms with Crippen molar-refractivity contribution in [2.75, 3.05) is 6.54 Å². The van der Waals surface area contributed by atoms with Gasteiger partial charge in [-0.2, -0.15) is 0 Å². The number of ether oxygens (including phenoxy) is 1. The third-order valence-corrected chi connectivity index (χ3v) is 1.75. The van der Waals surface area contributed by atoms with Gasteiger partial charge < -0.3 is 15.2 Å². The first kappa shape index (κ1) is 15.8. The number of nitrogens with one attached hydrogen (secondary N) is 1. The Morgan fingerprint density at radius 1 is 1.39 bits per heavy atom. The fraction of sp³-hybridized carbons (Fsp3) is 0.455. The summed E-state index contributed by atoms with van der Waals surface area (Å²) >= 11 is 0. The molecule has 0 aromatic rings. The van der Waals surface area contributed by atoms with Gasteiger partial charge in [0.1, 0.15) is 6.10 Å². The molecule has 1 atom stereocenters. The van der Waals surface area contributed by atoms with Crippen molar-refractivity contribution in [1.29, 1.82) is 0 Å². The average molecular weight is 256 g/mol. The predicted octanol–water partition coefficient (Wildman–Crippen LogP) is 0.749. The molecule has 0 spiro atoms. The quantitative estimate of drug-likeness (QED) is 0.414. The molecule has 0 fully saturated rings. The summed E-state index contributed by atoms with van der Waals surface area (Å²) in [5.74, 6) is -1.95. The second kappa shape index (κ2) is 8.91. The van der Waals surface area contributed by atoms with E-state index in [1.165, 1.54) is 6.21 Å². The zero-order chi connectivity index (χ0) is 14.0. The van der Waals surface area contributed by atoms with Crippen LogP contribution >= 0.6 is 0 Å². The Morgan fingerprint density at radius 3 is 2.61 bits per heavy atom. The molecule has 18 heavy (non-hydrogen) atoms. The van der Waals surface area contributed by atoms with Gasteiger partial charge in [0, 0.05) is 31.3 Å². The number of urea groups is 1. The molecule has 0 rings (SSSR count). The number of nitrogens with zero attached hydrogens (tertiary/aromatic N) is 1. The molecule has 0 aliphatic rings. The highest BCUT2D eigenvalue weighted by Gasteiger charge is 2.07. The minimum absolute atomic E-state index is 0.313. The molecule has 0 heterocycles. The summed E-state index contributed by atoms with van der Waals surface area (Å²) in [5.41, 5.74) is 0. The van der Waals surface area contributed by atoms with Crippen LogP contribution < -0.4 is 5.32 Å². The highest BCUT2D eigenvalue weighted by Crippen LogP contribution is 1.97.